The Morgan fingerprint density at radius 3 is 2.70 bits per heavy atom. The van der Waals surface area contributed by atoms with Crippen molar-refractivity contribution in [1.82, 2.24) is 10.2 Å². The van der Waals surface area contributed by atoms with E-state index in [1.165, 1.54) is 5.56 Å². The molecule has 1 atom stereocenters. The molecule has 0 spiro atoms. The Morgan fingerprint density at radius 2 is 2.00 bits per heavy atom. The van der Waals surface area contributed by atoms with Gasteiger partial charge in [0.15, 0.2) is 0 Å². The summed E-state index contributed by atoms with van der Waals surface area (Å²) in [6.07, 6.45) is 1.49. The van der Waals surface area contributed by atoms with E-state index in [0.717, 1.165) is 25.9 Å². The third-order valence-electron chi connectivity index (χ3n) is 3.62. The summed E-state index contributed by atoms with van der Waals surface area (Å²) in [5.74, 6) is -0.00946. The van der Waals surface area contributed by atoms with Gasteiger partial charge >= 0.3 is 0 Å². The fourth-order valence-corrected chi connectivity index (χ4v) is 2.44. The predicted octanol–water partition coefficient (Wildman–Crippen LogP) is 1.59. The van der Waals surface area contributed by atoms with Crippen LogP contribution < -0.4 is 11.1 Å². The first-order valence-corrected chi connectivity index (χ1v) is 7.65. The summed E-state index contributed by atoms with van der Waals surface area (Å²) in [6, 6.07) is 10.3. The maximum atomic E-state index is 12.1. The Bertz CT molecular complexity index is 435. The molecule has 0 aromatic heterocycles. The number of nitrogens with two attached hydrogens (primary N) is 1. The van der Waals surface area contributed by atoms with Gasteiger partial charge in [-0.15, -0.1) is 24.8 Å². The molecule has 0 radical (unpaired) electrons. The van der Waals surface area contributed by atoms with E-state index < -0.39 is 0 Å². The number of ether oxygens (including phenoxy) is 1. The highest BCUT2D eigenvalue weighted by Crippen LogP contribution is 2.10. The molecular weight excluding hydrogens is 337 g/mol. The number of nitrogens with zero attached hydrogens (tertiary/aromatic N) is 1. The molecule has 0 bridgehead atoms. The summed E-state index contributed by atoms with van der Waals surface area (Å²) in [7, 11) is 0. The Labute approximate surface area is 150 Å². The second-order valence-electron chi connectivity index (χ2n) is 5.37. The van der Waals surface area contributed by atoms with Crippen LogP contribution in [0.2, 0.25) is 0 Å². The van der Waals surface area contributed by atoms with Crippen molar-refractivity contribution in [3.8, 4) is 0 Å². The summed E-state index contributed by atoms with van der Waals surface area (Å²) in [6.45, 7) is 4.33. The Balaban J connectivity index is 0.00000242. The van der Waals surface area contributed by atoms with E-state index in [1.54, 1.807) is 0 Å². The lowest BCUT2D eigenvalue weighted by atomic mass is 10.2. The zero-order valence-electron chi connectivity index (χ0n) is 13.3. The summed E-state index contributed by atoms with van der Waals surface area (Å²) >= 11 is 0. The van der Waals surface area contributed by atoms with Crippen molar-refractivity contribution in [1.29, 1.82) is 0 Å². The van der Waals surface area contributed by atoms with E-state index in [4.69, 9.17) is 10.5 Å². The van der Waals surface area contributed by atoms with Crippen LogP contribution in [0, 0.1) is 0 Å². The van der Waals surface area contributed by atoms with E-state index in [0.29, 0.717) is 26.2 Å². The number of nitrogens with one attached hydrogen (secondary N) is 1. The smallest absolute Gasteiger partial charge is 0.250 e. The maximum Gasteiger partial charge on any atom is 0.250 e. The lowest BCUT2D eigenvalue weighted by Crippen LogP contribution is -2.49. The molecule has 132 valence electrons. The van der Waals surface area contributed by atoms with Crippen LogP contribution in [0.3, 0.4) is 0 Å². The number of rotatable bonds is 7. The van der Waals surface area contributed by atoms with Gasteiger partial charge in [-0.2, -0.15) is 0 Å². The third-order valence-corrected chi connectivity index (χ3v) is 3.62. The van der Waals surface area contributed by atoms with Crippen LogP contribution in [-0.2, 0) is 16.1 Å². The maximum absolute atomic E-state index is 12.1. The van der Waals surface area contributed by atoms with Crippen LogP contribution in [0.25, 0.3) is 0 Å². The molecule has 2 rings (SSSR count). The highest BCUT2D eigenvalue weighted by molar-refractivity contribution is 5.85. The number of amides is 1. The summed E-state index contributed by atoms with van der Waals surface area (Å²) in [4.78, 5) is 14.3. The normalized spacial score (nSPS) is 17.7. The first kappa shape index (κ1) is 22.1. The van der Waals surface area contributed by atoms with Crippen molar-refractivity contribution < 1.29 is 9.53 Å². The van der Waals surface area contributed by atoms with Crippen molar-refractivity contribution in [3.63, 3.8) is 0 Å². The monoisotopic (exact) mass is 363 g/mol. The molecule has 1 aromatic rings. The number of benzene rings is 1. The molecule has 1 saturated heterocycles. The minimum atomic E-state index is -0.361. The molecule has 1 fully saturated rings. The van der Waals surface area contributed by atoms with Crippen molar-refractivity contribution in [3.05, 3.63) is 35.9 Å². The first-order chi connectivity index (χ1) is 10.3. The molecule has 1 aliphatic rings. The second-order valence-corrected chi connectivity index (χ2v) is 5.37. The fourth-order valence-electron chi connectivity index (χ4n) is 2.44. The van der Waals surface area contributed by atoms with Crippen molar-refractivity contribution in [2.24, 2.45) is 5.73 Å². The van der Waals surface area contributed by atoms with Crippen LogP contribution >= 0.6 is 24.8 Å². The van der Waals surface area contributed by atoms with Gasteiger partial charge in [0.05, 0.1) is 6.61 Å². The molecule has 5 nitrogen and oxygen atoms in total. The Kier molecular flexibility index (Phi) is 12.1. The molecule has 1 amide bonds. The molecule has 0 aliphatic carbocycles. The molecule has 1 unspecified atom stereocenters. The van der Waals surface area contributed by atoms with E-state index in [2.05, 4.69) is 22.3 Å². The standard InChI is InChI=1S/C16H25N3O2.2ClH/c17-8-4-5-9-18-16(20)15-13-19(10-11-21-15)12-14-6-2-1-3-7-14;;/h1-3,6-7,15H,4-5,8-13,17H2,(H,18,20);2*1H. The van der Waals surface area contributed by atoms with Crippen LogP contribution in [0.5, 0.6) is 0 Å². The quantitative estimate of drug-likeness (QED) is 0.721. The van der Waals surface area contributed by atoms with E-state index >= 15 is 0 Å². The third kappa shape index (κ3) is 7.99. The summed E-state index contributed by atoms with van der Waals surface area (Å²) < 4.78 is 5.59. The van der Waals surface area contributed by atoms with Crippen LogP contribution in [-0.4, -0.2) is 49.7 Å². The molecule has 23 heavy (non-hydrogen) atoms. The van der Waals surface area contributed by atoms with Gasteiger partial charge in [-0.25, -0.2) is 0 Å². The summed E-state index contributed by atoms with van der Waals surface area (Å²) in [5.41, 5.74) is 6.70. The molecule has 0 saturated carbocycles. The van der Waals surface area contributed by atoms with Gasteiger partial charge < -0.3 is 15.8 Å². The average molecular weight is 364 g/mol. The zero-order chi connectivity index (χ0) is 14.9. The van der Waals surface area contributed by atoms with Gasteiger partial charge in [0.2, 0.25) is 5.91 Å². The number of carbonyl (C=O) groups excluding carboxylic acids is 1. The molecule has 1 heterocycles. The van der Waals surface area contributed by atoms with E-state index in [1.807, 2.05) is 18.2 Å². The van der Waals surface area contributed by atoms with Crippen molar-refractivity contribution in [2.45, 2.75) is 25.5 Å². The lowest BCUT2D eigenvalue weighted by Gasteiger charge is -2.32. The number of hydrogen-bond acceptors (Lipinski definition) is 4. The fraction of sp³-hybridized carbons (Fsp3) is 0.562. The number of carbonyl (C=O) groups is 1. The van der Waals surface area contributed by atoms with Crippen molar-refractivity contribution in [2.75, 3.05) is 32.8 Å². The van der Waals surface area contributed by atoms with Gasteiger partial charge in [0.25, 0.3) is 0 Å². The van der Waals surface area contributed by atoms with Crippen LogP contribution in [0.1, 0.15) is 18.4 Å². The van der Waals surface area contributed by atoms with Crippen LogP contribution in [0.15, 0.2) is 30.3 Å². The number of halogens is 2. The first-order valence-electron chi connectivity index (χ1n) is 7.65. The highest BCUT2D eigenvalue weighted by atomic mass is 35.5. The average Bonchev–Trinajstić information content (AvgIpc) is 2.53. The Hall–Kier alpha value is -0.850. The van der Waals surface area contributed by atoms with Gasteiger partial charge in [-0.1, -0.05) is 30.3 Å². The van der Waals surface area contributed by atoms with Gasteiger partial charge in [-0.3, -0.25) is 9.69 Å². The molecule has 7 heteroatoms. The minimum absolute atomic E-state index is 0. The van der Waals surface area contributed by atoms with Crippen molar-refractivity contribution >= 4 is 30.7 Å². The van der Waals surface area contributed by atoms with Crippen LogP contribution in [0.4, 0.5) is 0 Å². The number of morpholine rings is 1. The minimum Gasteiger partial charge on any atom is -0.366 e. The predicted molar refractivity (Wildman–Crippen MR) is 97.3 cm³/mol. The molecule has 1 aliphatic heterocycles. The van der Waals surface area contributed by atoms with Gasteiger partial charge in [0, 0.05) is 26.2 Å². The largest absolute Gasteiger partial charge is 0.366 e. The SMILES string of the molecule is Cl.Cl.NCCCCNC(=O)C1CN(Cc2ccccc2)CCO1. The van der Waals surface area contributed by atoms with Gasteiger partial charge in [-0.05, 0) is 24.9 Å². The molecule has 1 aromatic carbocycles. The lowest BCUT2D eigenvalue weighted by molar-refractivity contribution is -0.138. The molecule has 3 N–H and O–H groups in total. The molecular formula is C16H27Cl2N3O2. The number of hydrogen-bond donors (Lipinski definition) is 2. The summed E-state index contributed by atoms with van der Waals surface area (Å²) in [5, 5.41) is 2.93. The van der Waals surface area contributed by atoms with Gasteiger partial charge in [0.1, 0.15) is 6.10 Å². The Morgan fingerprint density at radius 1 is 1.26 bits per heavy atom. The zero-order valence-corrected chi connectivity index (χ0v) is 14.9. The van der Waals surface area contributed by atoms with E-state index in [-0.39, 0.29) is 36.8 Å². The highest BCUT2D eigenvalue weighted by Gasteiger charge is 2.26. The topological polar surface area (TPSA) is 67.6 Å². The van der Waals surface area contributed by atoms with E-state index in [9.17, 15) is 4.79 Å². The second kappa shape index (κ2) is 12.6. The number of unbranched alkanes of at least 4 members (excludes halogenated alkanes) is 1.